The Morgan fingerprint density at radius 3 is 2.60 bits per heavy atom. The molecule has 0 spiro atoms. The fourth-order valence-corrected chi connectivity index (χ4v) is 6.27. The Labute approximate surface area is 253 Å². The lowest BCUT2D eigenvalue weighted by atomic mass is 9.94. The number of benzene rings is 3. The summed E-state index contributed by atoms with van der Waals surface area (Å²) in [7, 11) is 0. The van der Waals surface area contributed by atoms with Gasteiger partial charge in [0.1, 0.15) is 12.4 Å². The van der Waals surface area contributed by atoms with Crippen molar-refractivity contribution in [3.05, 3.63) is 135 Å². The second-order valence-electron chi connectivity index (χ2n) is 9.57. The monoisotopic (exact) mass is 647 g/mol. The molecule has 2 heterocycles. The van der Waals surface area contributed by atoms with Crippen LogP contribution >= 0.6 is 27.3 Å². The second-order valence-corrected chi connectivity index (χ2v) is 11.4. The van der Waals surface area contributed by atoms with Gasteiger partial charge >= 0.3 is 5.97 Å². The van der Waals surface area contributed by atoms with E-state index in [-0.39, 0.29) is 23.4 Å². The molecule has 0 radical (unpaired) electrons. The number of esters is 1. The van der Waals surface area contributed by atoms with Gasteiger partial charge in [-0.05, 0) is 71.6 Å². The Morgan fingerprint density at radius 1 is 1.14 bits per heavy atom. The lowest BCUT2D eigenvalue weighted by Gasteiger charge is -2.24. The first-order valence-electron chi connectivity index (χ1n) is 13.1. The van der Waals surface area contributed by atoms with Crippen LogP contribution in [0, 0.1) is 17.0 Å². The highest BCUT2D eigenvalue weighted by molar-refractivity contribution is 9.10. The smallest absolute Gasteiger partial charge is 0.338 e. The predicted octanol–water partition coefficient (Wildman–Crippen LogP) is 5.36. The molecule has 9 nitrogen and oxygen atoms in total. The van der Waals surface area contributed by atoms with Crippen LogP contribution in [0.3, 0.4) is 0 Å². The molecule has 5 rings (SSSR count). The SMILES string of the molecule is CCOC(=O)C1=C(C)N=c2s/c(=C/c3ccc(OCc4ccccc4)c(Br)c3)c(=O)n2[C@H]1c1ccc(C)c([N+](=O)[O-])c1. The lowest BCUT2D eigenvalue weighted by molar-refractivity contribution is -0.385. The van der Waals surface area contributed by atoms with Crippen molar-refractivity contribution in [2.24, 2.45) is 4.99 Å². The summed E-state index contributed by atoms with van der Waals surface area (Å²) in [5.74, 6) is 0.0319. The van der Waals surface area contributed by atoms with Crippen molar-refractivity contribution in [2.75, 3.05) is 6.61 Å². The number of nitro benzene ring substituents is 1. The Bertz CT molecular complexity index is 1910. The van der Waals surface area contributed by atoms with Crippen LogP contribution in [0.2, 0.25) is 0 Å². The molecule has 0 unspecified atom stereocenters. The first kappa shape index (κ1) is 29.2. The van der Waals surface area contributed by atoms with Crippen molar-refractivity contribution in [3.63, 3.8) is 0 Å². The molecule has 0 fully saturated rings. The molecule has 1 atom stereocenters. The van der Waals surface area contributed by atoms with Gasteiger partial charge in [0.15, 0.2) is 4.80 Å². The molecule has 11 heteroatoms. The summed E-state index contributed by atoms with van der Waals surface area (Å²) >= 11 is 4.74. The molecule has 1 aliphatic heterocycles. The van der Waals surface area contributed by atoms with E-state index in [1.54, 1.807) is 39.0 Å². The Kier molecular flexibility index (Phi) is 8.51. The molecule has 0 saturated carbocycles. The van der Waals surface area contributed by atoms with E-state index < -0.39 is 16.9 Å². The van der Waals surface area contributed by atoms with Gasteiger partial charge in [-0.25, -0.2) is 9.79 Å². The van der Waals surface area contributed by atoms with Crippen LogP contribution in [-0.2, 0) is 16.1 Å². The minimum Gasteiger partial charge on any atom is -0.488 e. The van der Waals surface area contributed by atoms with Crippen LogP contribution in [0.1, 0.15) is 42.1 Å². The van der Waals surface area contributed by atoms with Crippen molar-refractivity contribution in [1.29, 1.82) is 0 Å². The van der Waals surface area contributed by atoms with E-state index in [4.69, 9.17) is 9.47 Å². The van der Waals surface area contributed by atoms with E-state index in [1.807, 2.05) is 48.5 Å². The minimum atomic E-state index is -0.942. The molecular weight excluding hydrogens is 622 g/mol. The van der Waals surface area contributed by atoms with Crippen LogP contribution in [0.4, 0.5) is 5.69 Å². The summed E-state index contributed by atoms with van der Waals surface area (Å²) in [6.45, 7) is 5.53. The molecule has 3 aromatic carbocycles. The van der Waals surface area contributed by atoms with E-state index in [1.165, 1.54) is 22.0 Å². The number of nitrogens with zero attached hydrogens (tertiary/aromatic N) is 3. The van der Waals surface area contributed by atoms with Gasteiger partial charge in [0.2, 0.25) is 0 Å². The number of thiazole rings is 1. The Hall–Kier alpha value is -4.35. The number of aromatic nitrogens is 1. The number of hydrogen-bond donors (Lipinski definition) is 0. The van der Waals surface area contributed by atoms with E-state index >= 15 is 0 Å². The van der Waals surface area contributed by atoms with Gasteiger partial charge < -0.3 is 9.47 Å². The maximum atomic E-state index is 13.9. The molecule has 4 aromatic rings. The first-order chi connectivity index (χ1) is 20.2. The zero-order chi connectivity index (χ0) is 30.0. The minimum absolute atomic E-state index is 0.105. The Morgan fingerprint density at radius 2 is 1.90 bits per heavy atom. The molecule has 1 aliphatic rings. The molecule has 214 valence electrons. The fraction of sp³-hybridized carbons (Fsp3) is 0.194. The summed E-state index contributed by atoms with van der Waals surface area (Å²) < 4.78 is 13.8. The summed E-state index contributed by atoms with van der Waals surface area (Å²) in [5.41, 5.74) is 2.75. The summed E-state index contributed by atoms with van der Waals surface area (Å²) in [6.07, 6.45) is 1.74. The number of fused-ring (bicyclic) bond motifs is 1. The number of ether oxygens (including phenoxy) is 2. The van der Waals surface area contributed by atoms with E-state index in [2.05, 4.69) is 20.9 Å². The van der Waals surface area contributed by atoms with Crippen molar-refractivity contribution in [3.8, 4) is 5.75 Å². The van der Waals surface area contributed by atoms with Gasteiger partial charge in [0.05, 0.1) is 37.8 Å². The number of carbonyl (C=O) groups is 1. The number of carbonyl (C=O) groups excluding carboxylic acids is 1. The molecule has 0 saturated heterocycles. The molecular formula is C31H26BrN3O6S. The number of hydrogen-bond acceptors (Lipinski definition) is 8. The van der Waals surface area contributed by atoms with Gasteiger partial charge in [-0.2, -0.15) is 0 Å². The number of allylic oxidation sites excluding steroid dienone is 1. The molecule has 1 aromatic heterocycles. The van der Waals surface area contributed by atoms with Gasteiger partial charge in [-0.15, -0.1) is 0 Å². The highest BCUT2D eigenvalue weighted by atomic mass is 79.9. The summed E-state index contributed by atoms with van der Waals surface area (Å²) in [5, 5.41) is 11.7. The molecule has 42 heavy (non-hydrogen) atoms. The lowest BCUT2D eigenvalue weighted by Crippen LogP contribution is -2.40. The highest BCUT2D eigenvalue weighted by Crippen LogP contribution is 2.33. The van der Waals surface area contributed by atoms with Crippen LogP contribution in [0.25, 0.3) is 6.08 Å². The third-order valence-electron chi connectivity index (χ3n) is 6.75. The van der Waals surface area contributed by atoms with Gasteiger partial charge in [0.25, 0.3) is 11.2 Å². The number of rotatable bonds is 8. The number of aryl methyl sites for hydroxylation is 1. The number of halogens is 1. The van der Waals surface area contributed by atoms with Crippen LogP contribution < -0.4 is 19.6 Å². The van der Waals surface area contributed by atoms with Crippen molar-refractivity contribution < 1.29 is 19.2 Å². The topological polar surface area (TPSA) is 113 Å². The first-order valence-corrected chi connectivity index (χ1v) is 14.7. The average Bonchev–Trinajstić information content (AvgIpc) is 3.26. The van der Waals surface area contributed by atoms with Crippen molar-refractivity contribution in [1.82, 2.24) is 4.57 Å². The zero-order valence-corrected chi connectivity index (χ0v) is 25.4. The van der Waals surface area contributed by atoms with Crippen LogP contribution in [0.5, 0.6) is 5.75 Å². The molecule has 0 N–H and O–H groups in total. The standard InChI is InChI=1S/C31H26BrN3O6S/c1-4-40-30(37)27-19(3)33-31-34(28(27)22-12-10-18(2)24(16-22)35(38)39)29(36)26(42-31)15-21-11-13-25(23(32)14-21)41-17-20-8-6-5-7-9-20/h5-16,28H,4,17H2,1-3H3/b26-15+/t28-/m0/s1. The third kappa shape index (κ3) is 5.83. The van der Waals surface area contributed by atoms with Gasteiger partial charge in [0, 0.05) is 11.6 Å². The summed E-state index contributed by atoms with van der Waals surface area (Å²) in [4.78, 5) is 43.2. The fourth-order valence-electron chi connectivity index (χ4n) is 4.71. The molecule has 0 amide bonds. The normalized spacial score (nSPS) is 14.8. The molecule has 0 bridgehead atoms. The maximum absolute atomic E-state index is 13.9. The van der Waals surface area contributed by atoms with E-state index in [9.17, 15) is 19.7 Å². The van der Waals surface area contributed by atoms with Crippen LogP contribution in [-0.4, -0.2) is 22.1 Å². The van der Waals surface area contributed by atoms with Gasteiger partial charge in [-0.1, -0.05) is 59.9 Å². The zero-order valence-electron chi connectivity index (χ0n) is 23.0. The summed E-state index contributed by atoms with van der Waals surface area (Å²) in [6, 6.07) is 19.1. The number of nitro groups is 1. The average molecular weight is 649 g/mol. The quantitative estimate of drug-likeness (QED) is 0.145. The largest absolute Gasteiger partial charge is 0.488 e. The highest BCUT2D eigenvalue weighted by Gasteiger charge is 2.34. The van der Waals surface area contributed by atoms with Crippen molar-refractivity contribution in [2.45, 2.75) is 33.4 Å². The maximum Gasteiger partial charge on any atom is 0.338 e. The van der Waals surface area contributed by atoms with E-state index in [0.29, 0.717) is 38.5 Å². The Balaban J connectivity index is 1.58. The van der Waals surface area contributed by atoms with E-state index in [0.717, 1.165) is 15.6 Å². The predicted molar refractivity (Wildman–Crippen MR) is 163 cm³/mol. The van der Waals surface area contributed by atoms with Gasteiger partial charge in [-0.3, -0.25) is 19.5 Å². The third-order valence-corrected chi connectivity index (χ3v) is 8.36. The molecule has 0 aliphatic carbocycles. The van der Waals surface area contributed by atoms with Crippen molar-refractivity contribution >= 4 is 45.0 Å². The van der Waals surface area contributed by atoms with Crippen LogP contribution in [0.15, 0.2) is 92.3 Å². The second kappa shape index (κ2) is 12.3.